The lowest BCUT2D eigenvalue weighted by Crippen LogP contribution is -2.38. The molecule has 36 heavy (non-hydrogen) atoms. The summed E-state index contributed by atoms with van der Waals surface area (Å²) in [5, 5.41) is 8.34. The summed E-state index contributed by atoms with van der Waals surface area (Å²) in [7, 11) is 1.38. The van der Waals surface area contributed by atoms with Gasteiger partial charge in [0.25, 0.3) is 5.91 Å². The first kappa shape index (κ1) is 26.9. The van der Waals surface area contributed by atoms with Gasteiger partial charge in [-0.05, 0) is 45.4 Å². The Kier molecular flexibility index (Phi) is 7.02. The molecular formula is C24H28F4N6O2. The van der Waals surface area contributed by atoms with Crippen LogP contribution in [0.15, 0.2) is 24.3 Å². The largest absolute Gasteiger partial charge is 0.399 e. The molecule has 0 atom stereocenters. The van der Waals surface area contributed by atoms with Gasteiger partial charge in [-0.2, -0.15) is 23.4 Å². The molecule has 0 aliphatic rings. The molecule has 0 aliphatic heterocycles. The zero-order valence-corrected chi connectivity index (χ0v) is 20.6. The van der Waals surface area contributed by atoms with Crippen LogP contribution in [0, 0.1) is 5.82 Å². The summed E-state index contributed by atoms with van der Waals surface area (Å²) in [5.41, 5.74) is 9.81. The predicted molar refractivity (Wildman–Crippen MR) is 126 cm³/mol. The maximum Gasteiger partial charge on any atom is 0.399 e. The van der Waals surface area contributed by atoms with Gasteiger partial charge in [-0.15, -0.1) is 0 Å². The lowest BCUT2D eigenvalue weighted by molar-refractivity contribution is -0.182. The number of rotatable bonds is 8. The van der Waals surface area contributed by atoms with Crippen molar-refractivity contribution in [1.29, 1.82) is 0 Å². The number of nitrogen functional groups attached to an aromatic ring is 1. The van der Waals surface area contributed by atoms with Crippen LogP contribution in [-0.4, -0.2) is 37.4 Å². The SMILES string of the molecule is CC(C)n1nc(-c2ccc(CC(=O)Cc3cc(C(C)(C)C(F)(F)F)n(C)n3)c(F)c2)c(C(N)=O)c1N. The topological polar surface area (TPSA) is 122 Å². The third kappa shape index (κ3) is 4.98. The van der Waals surface area contributed by atoms with E-state index in [1.807, 2.05) is 13.8 Å². The van der Waals surface area contributed by atoms with E-state index in [4.69, 9.17) is 11.5 Å². The third-order valence-corrected chi connectivity index (χ3v) is 6.05. The number of hydrogen-bond acceptors (Lipinski definition) is 5. The fourth-order valence-corrected chi connectivity index (χ4v) is 3.94. The molecule has 4 N–H and O–H groups in total. The Hall–Kier alpha value is -3.70. The number of benzene rings is 1. The van der Waals surface area contributed by atoms with Crippen LogP contribution in [0.4, 0.5) is 23.4 Å². The minimum absolute atomic E-state index is 0.0281. The number of aromatic nitrogens is 4. The van der Waals surface area contributed by atoms with E-state index in [-0.39, 0.29) is 58.5 Å². The predicted octanol–water partition coefficient (Wildman–Crippen LogP) is 3.88. The fourth-order valence-electron chi connectivity index (χ4n) is 3.94. The molecule has 0 bridgehead atoms. The second-order valence-electron chi connectivity index (χ2n) is 9.48. The van der Waals surface area contributed by atoms with Crippen molar-refractivity contribution in [3.63, 3.8) is 0 Å². The molecule has 1 aromatic carbocycles. The molecular weight excluding hydrogens is 480 g/mol. The number of Topliss-reactive ketones (excluding diaryl/α,β-unsaturated/α-hetero) is 1. The maximum absolute atomic E-state index is 14.9. The number of amides is 1. The van der Waals surface area contributed by atoms with Crippen molar-refractivity contribution in [2.45, 2.75) is 58.2 Å². The Morgan fingerprint density at radius 3 is 2.25 bits per heavy atom. The molecule has 2 heterocycles. The maximum atomic E-state index is 14.9. The molecule has 0 saturated heterocycles. The highest BCUT2D eigenvalue weighted by Gasteiger charge is 2.50. The van der Waals surface area contributed by atoms with Gasteiger partial charge in [-0.25, -0.2) is 9.07 Å². The Bertz CT molecular complexity index is 1320. The van der Waals surface area contributed by atoms with Gasteiger partial charge in [-0.1, -0.05) is 12.1 Å². The molecule has 12 heteroatoms. The lowest BCUT2D eigenvalue weighted by atomic mass is 9.88. The monoisotopic (exact) mass is 508 g/mol. The minimum Gasteiger partial charge on any atom is -0.383 e. The average molecular weight is 509 g/mol. The first-order valence-corrected chi connectivity index (χ1v) is 11.1. The molecule has 0 spiro atoms. The normalized spacial score (nSPS) is 12.4. The molecule has 8 nitrogen and oxygen atoms in total. The van der Waals surface area contributed by atoms with E-state index in [0.29, 0.717) is 0 Å². The fraction of sp³-hybridized carbons (Fsp3) is 0.417. The van der Waals surface area contributed by atoms with Gasteiger partial charge < -0.3 is 11.5 Å². The number of hydrogen-bond donors (Lipinski definition) is 2. The second kappa shape index (κ2) is 9.40. The van der Waals surface area contributed by atoms with Crippen molar-refractivity contribution in [2.75, 3.05) is 5.73 Å². The zero-order chi connectivity index (χ0) is 27.2. The number of alkyl halides is 3. The van der Waals surface area contributed by atoms with Gasteiger partial charge in [0.15, 0.2) is 0 Å². The number of ketones is 1. The Balaban J connectivity index is 1.82. The molecule has 194 valence electrons. The first-order valence-electron chi connectivity index (χ1n) is 11.1. The van der Waals surface area contributed by atoms with Gasteiger partial charge in [0.2, 0.25) is 0 Å². The van der Waals surface area contributed by atoms with E-state index in [0.717, 1.165) is 24.6 Å². The summed E-state index contributed by atoms with van der Waals surface area (Å²) in [6.45, 7) is 5.69. The van der Waals surface area contributed by atoms with E-state index in [2.05, 4.69) is 10.2 Å². The molecule has 0 unspecified atom stereocenters. The number of anilines is 1. The summed E-state index contributed by atoms with van der Waals surface area (Å²) >= 11 is 0. The van der Waals surface area contributed by atoms with E-state index in [1.54, 1.807) is 0 Å². The van der Waals surface area contributed by atoms with Crippen molar-refractivity contribution in [2.24, 2.45) is 12.8 Å². The van der Waals surface area contributed by atoms with Crippen LogP contribution < -0.4 is 11.5 Å². The van der Waals surface area contributed by atoms with Crippen LogP contribution >= 0.6 is 0 Å². The first-order chi connectivity index (χ1) is 16.5. The minimum atomic E-state index is -4.50. The van der Waals surface area contributed by atoms with Crippen LogP contribution in [0.25, 0.3) is 11.3 Å². The molecule has 1 amide bonds. The lowest BCUT2D eigenvalue weighted by Gasteiger charge is -2.27. The standard InChI is InChI=1S/C24H28F4N6O2/c1-12(2)34-21(29)19(22(30)36)20(32-34)14-7-6-13(17(25)9-14)8-16(35)10-15-11-18(33(5)31-15)23(3,4)24(26,27)28/h6-7,9,11-12H,8,10,29H2,1-5H3,(H2,30,36). The van der Waals surface area contributed by atoms with E-state index in [9.17, 15) is 27.2 Å². The summed E-state index contributed by atoms with van der Waals surface area (Å²) in [6.07, 6.45) is -5.06. The molecule has 0 saturated carbocycles. The van der Waals surface area contributed by atoms with Crippen LogP contribution in [0.3, 0.4) is 0 Å². The van der Waals surface area contributed by atoms with E-state index in [1.165, 1.54) is 29.9 Å². The van der Waals surface area contributed by atoms with Crippen LogP contribution in [-0.2, 0) is 30.1 Å². The van der Waals surface area contributed by atoms with Crippen LogP contribution in [0.2, 0.25) is 0 Å². The van der Waals surface area contributed by atoms with Crippen molar-refractivity contribution >= 4 is 17.5 Å². The quantitative estimate of drug-likeness (QED) is 0.447. The number of carbonyl (C=O) groups excluding carboxylic acids is 2. The summed E-state index contributed by atoms with van der Waals surface area (Å²) in [5.74, 6) is -1.88. The number of carbonyl (C=O) groups is 2. The number of halogens is 4. The third-order valence-electron chi connectivity index (χ3n) is 6.05. The van der Waals surface area contributed by atoms with E-state index < -0.39 is 29.1 Å². The summed E-state index contributed by atoms with van der Waals surface area (Å²) < 4.78 is 57.6. The number of nitrogens with zero attached hydrogens (tertiary/aromatic N) is 4. The highest BCUT2D eigenvalue weighted by atomic mass is 19.4. The molecule has 0 aliphatic carbocycles. The highest BCUT2D eigenvalue weighted by molar-refractivity contribution is 6.03. The molecule has 3 rings (SSSR count). The molecule has 0 fully saturated rings. The van der Waals surface area contributed by atoms with E-state index >= 15 is 0 Å². The van der Waals surface area contributed by atoms with Gasteiger partial charge in [0.1, 0.15) is 34.1 Å². The Morgan fingerprint density at radius 1 is 1.08 bits per heavy atom. The van der Waals surface area contributed by atoms with Crippen molar-refractivity contribution in [1.82, 2.24) is 19.6 Å². The van der Waals surface area contributed by atoms with Gasteiger partial charge in [-0.3, -0.25) is 14.3 Å². The van der Waals surface area contributed by atoms with Crippen molar-refractivity contribution in [3.05, 3.63) is 52.6 Å². The van der Waals surface area contributed by atoms with Gasteiger partial charge in [0, 0.05) is 25.1 Å². The average Bonchev–Trinajstić information content (AvgIpc) is 3.28. The van der Waals surface area contributed by atoms with Crippen molar-refractivity contribution in [3.8, 4) is 11.3 Å². The molecule has 2 aromatic heterocycles. The number of nitrogens with two attached hydrogens (primary N) is 2. The molecule has 0 radical (unpaired) electrons. The van der Waals surface area contributed by atoms with Gasteiger partial charge in [0.05, 0.1) is 17.8 Å². The smallest absolute Gasteiger partial charge is 0.383 e. The van der Waals surface area contributed by atoms with Crippen LogP contribution in [0.5, 0.6) is 0 Å². The number of primary amides is 1. The highest BCUT2D eigenvalue weighted by Crippen LogP contribution is 2.40. The van der Waals surface area contributed by atoms with Crippen LogP contribution in [0.1, 0.15) is 61.0 Å². The van der Waals surface area contributed by atoms with Crippen molar-refractivity contribution < 1.29 is 27.2 Å². The Labute approximate surface area is 205 Å². The number of aryl methyl sites for hydroxylation is 1. The molecule has 3 aromatic rings. The zero-order valence-electron chi connectivity index (χ0n) is 20.6. The summed E-state index contributed by atoms with van der Waals surface area (Å²) in [6, 6.07) is 5.08. The second-order valence-corrected chi connectivity index (χ2v) is 9.48. The Morgan fingerprint density at radius 2 is 1.72 bits per heavy atom. The summed E-state index contributed by atoms with van der Waals surface area (Å²) in [4.78, 5) is 24.5. The van der Waals surface area contributed by atoms with Gasteiger partial charge >= 0.3 is 6.18 Å².